The molecule has 82 valence electrons. The molecule has 0 N–H and O–H groups in total. The van der Waals surface area contributed by atoms with Gasteiger partial charge < -0.3 is 4.74 Å². The predicted molar refractivity (Wildman–Crippen MR) is 68.0 cm³/mol. The maximum absolute atomic E-state index is 10.9. The molecule has 4 heteroatoms. The second kappa shape index (κ2) is 6.28. The highest BCUT2D eigenvalue weighted by molar-refractivity contribution is 9.12. The molecular weight excluding hydrogens is 324 g/mol. The molecule has 0 fully saturated rings. The number of esters is 1. The van der Waals surface area contributed by atoms with Gasteiger partial charge in [0.2, 0.25) is 0 Å². The molecule has 15 heavy (non-hydrogen) atoms. The number of rotatable bonds is 4. The third kappa shape index (κ3) is 4.34. The Kier molecular flexibility index (Phi) is 5.32. The van der Waals surface area contributed by atoms with Gasteiger partial charge in [-0.25, -0.2) is 0 Å². The quantitative estimate of drug-likeness (QED) is 0.479. The molecule has 1 aromatic carbocycles. The van der Waals surface area contributed by atoms with Crippen molar-refractivity contribution in [2.45, 2.75) is 18.2 Å². The van der Waals surface area contributed by atoms with E-state index in [9.17, 15) is 4.79 Å². The minimum Gasteiger partial charge on any atom is -0.426 e. The number of halogens is 2. The average Bonchev–Trinajstić information content (AvgIpc) is 2.20. The van der Waals surface area contributed by atoms with E-state index in [0.29, 0.717) is 10.6 Å². The Bertz CT molecular complexity index is 339. The molecule has 0 aromatic heterocycles. The summed E-state index contributed by atoms with van der Waals surface area (Å²) < 4.78 is 5.12. The molecule has 2 nitrogen and oxygen atoms in total. The number of hydrogen-bond acceptors (Lipinski definition) is 2. The zero-order chi connectivity index (χ0) is 11.3. The van der Waals surface area contributed by atoms with E-state index in [4.69, 9.17) is 4.74 Å². The molecule has 0 heterocycles. The van der Waals surface area contributed by atoms with Crippen molar-refractivity contribution in [3.8, 4) is 5.75 Å². The van der Waals surface area contributed by atoms with E-state index in [-0.39, 0.29) is 5.97 Å². The maximum atomic E-state index is 10.9. The van der Waals surface area contributed by atoms with Crippen LogP contribution < -0.4 is 4.74 Å². The van der Waals surface area contributed by atoms with Crippen molar-refractivity contribution in [2.24, 2.45) is 0 Å². The third-order valence-corrected chi connectivity index (χ3v) is 4.13. The number of ether oxygens (including phenoxy) is 1. The van der Waals surface area contributed by atoms with Gasteiger partial charge in [-0.1, -0.05) is 50.1 Å². The SMILES string of the molecule is CC(=O)Oc1ccccc1C[C@@H](Br)CBr. The van der Waals surface area contributed by atoms with Crippen molar-refractivity contribution in [3.63, 3.8) is 0 Å². The van der Waals surface area contributed by atoms with Crippen LogP contribution in [0.25, 0.3) is 0 Å². The van der Waals surface area contributed by atoms with E-state index in [2.05, 4.69) is 31.9 Å². The van der Waals surface area contributed by atoms with Gasteiger partial charge in [0.25, 0.3) is 0 Å². The molecule has 0 saturated carbocycles. The molecule has 0 radical (unpaired) electrons. The zero-order valence-corrected chi connectivity index (χ0v) is 11.5. The first-order valence-corrected chi connectivity index (χ1v) is 6.63. The first-order valence-electron chi connectivity index (χ1n) is 4.60. The molecule has 0 bridgehead atoms. The van der Waals surface area contributed by atoms with E-state index in [1.54, 1.807) is 0 Å². The van der Waals surface area contributed by atoms with Crippen LogP contribution in [0.1, 0.15) is 12.5 Å². The number of carbonyl (C=O) groups excluding carboxylic acids is 1. The first kappa shape index (κ1) is 12.7. The Morgan fingerprint density at radius 2 is 2.13 bits per heavy atom. The topological polar surface area (TPSA) is 26.3 Å². The van der Waals surface area contributed by atoms with Gasteiger partial charge >= 0.3 is 5.97 Å². The van der Waals surface area contributed by atoms with E-state index < -0.39 is 0 Å². The van der Waals surface area contributed by atoms with Crippen LogP contribution in [0.4, 0.5) is 0 Å². The summed E-state index contributed by atoms with van der Waals surface area (Å²) in [6.45, 7) is 1.41. The summed E-state index contributed by atoms with van der Waals surface area (Å²) in [4.78, 5) is 11.2. The lowest BCUT2D eigenvalue weighted by molar-refractivity contribution is -0.131. The smallest absolute Gasteiger partial charge is 0.308 e. The minimum atomic E-state index is -0.285. The normalized spacial score (nSPS) is 12.2. The summed E-state index contributed by atoms with van der Waals surface area (Å²) in [5.74, 6) is 0.364. The summed E-state index contributed by atoms with van der Waals surface area (Å²) in [5.41, 5.74) is 1.04. The molecular formula is C11H12Br2O2. The fourth-order valence-electron chi connectivity index (χ4n) is 1.22. The molecule has 0 spiro atoms. The van der Waals surface area contributed by atoms with Crippen molar-refractivity contribution < 1.29 is 9.53 Å². The number of alkyl halides is 2. The summed E-state index contributed by atoms with van der Waals surface area (Å²) in [5, 5.41) is 0.863. The molecule has 0 unspecified atom stereocenters. The molecule has 0 aliphatic rings. The summed E-state index contributed by atoms with van der Waals surface area (Å²) in [7, 11) is 0. The van der Waals surface area contributed by atoms with Gasteiger partial charge in [0.05, 0.1) is 0 Å². The molecule has 0 saturated heterocycles. The van der Waals surface area contributed by atoms with E-state index in [1.807, 2.05) is 24.3 Å². The van der Waals surface area contributed by atoms with Crippen LogP contribution in [0.5, 0.6) is 5.75 Å². The highest BCUT2D eigenvalue weighted by Gasteiger charge is 2.09. The number of para-hydroxylation sites is 1. The number of carbonyl (C=O) groups is 1. The maximum Gasteiger partial charge on any atom is 0.308 e. The van der Waals surface area contributed by atoms with E-state index in [1.165, 1.54) is 6.92 Å². The fourth-order valence-corrected chi connectivity index (χ4v) is 1.80. The van der Waals surface area contributed by atoms with Gasteiger partial charge in [0.15, 0.2) is 0 Å². The molecule has 0 aliphatic carbocycles. The van der Waals surface area contributed by atoms with Crippen LogP contribution in [-0.2, 0) is 11.2 Å². The van der Waals surface area contributed by atoms with Crippen molar-refractivity contribution in [2.75, 3.05) is 5.33 Å². The van der Waals surface area contributed by atoms with Gasteiger partial charge in [-0.3, -0.25) is 4.79 Å². The van der Waals surface area contributed by atoms with Gasteiger partial charge in [0, 0.05) is 17.1 Å². The molecule has 1 atom stereocenters. The van der Waals surface area contributed by atoms with Crippen molar-refractivity contribution in [3.05, 3.63) is 29.8 Å². The van der Waals surface area contributed by atoms with Crippen LogP contribution in [0.3, 0.4) is 0 Å². The Labute approximate surface area is 106 Å². The van der Waals surface area contributed by atoms with Crippen LogP contribution in [-0.4, -0.2) is 16.1 Å². The molecule has 1 rings (SSSR count). The lowest BCUT2D eigenvalue weighted by Crippen LogP contribution is -2.08. The highest BCUT2D eigenvalue weighted by atomic mass is 79.9. The lowest BCUT2D eigenvalue weighted by atomic mass is 10.1. The van der Waals surface area contributed by atoms with Gasteiger partial charge in [-0.15, -0.1) is 0 Å². The van der Waals surface area contributed by atoms with Gasteiger partial charge in [0.1, 0.15) is 5.75 Å². The molecule has 0 aliphatic heterocycles. The summed E-state index contributed by atoms with van der Waals surface area (Å²) in [6.07, 6.45) is 0.828. The highest BCUT2D eigenvalue weighted by Crippen LogP contribution is 2.22. The Hall–Kier alpha value is -0.350. The Balaban J connectivity index is 2.81. The first-order chi connectivity index (χ1) is 7.13. The number of benzene rings is 1. The van der Waals surface area contributed by atoms with Crippen molar-refractivity contribution in [1.82, 2.24) is 0 Å². The second-order valence-corrected chi connectivity index (χ2v) is 5.10. The lowest BCUT2D eigenvalue weighted by Gasteiger charge is -2.10. The number of hydrogen-bond donors (Lipinski definition) is 0. The Morgan fingerprint density at radius 1 is 1.47 bits per heavy atom. The van der Waals surface area contributed by atoms with Crippen LogP contribution >= 0.6 is 31.9 Å². The fraction of sp³-hybridized carbons (Fsp3) is 0.364. The van der Waals surface area contributed by atoms with E-state index >= 15 is 0 Å². The van der Waals surface area contributed by atoms with Crippen LogP contribution in [0.2, 0.25) is 0 Å². The standard InChI is InChI=1S/C11H12Br2O2/c1-8(14)15-11-5-3-2-4-9(11)6-10(13)7-12/h2-5,10H,6-7H2,1H3/t10-/m1/s1. The zero-order valence-electron chi connectivity index (χ0n) is 8.37. The van der Waals surface area contributed by atoms with Crippen molar-refractivity contribution >= 4 is 37.8 Å². The third-order valence-electron chi connectivity index (χ3n) is 1.84. The predicted octanol–water partition coefficient (Wildman–Crippen LogP) is 3.31. The largest absolute Gasteiger partial charge is 0.426 e. The van der Waals surface area contributed by atoms with Crippen LogP contribution in [0, 0.1) is 0 Å². The molecule has 1 aromatic rings. The minimum absolute atomic E-state index is 0.285. The van der Waals surface area contributed by atoms with Crippen LogP contribution in [0.15, 0.2) is 24.3 Å². The van der Waals surface area contributed by atoms with Gasteiger partial charge in [-0.05, 0) is 18.1 Å². The van der Waals surface area contributed by atoms with Crippen molar-refractivity contribution in [1.29, 1.82) is 0 Å². The molecule has 0 amide bonds. The second-order valence-electron chi connectivity index (χ2n) is 3.16. The van der Waals surface area contributed by atoms with E-state index in [0.717, 1.165) is 17.3 Å². The average molecular weight is 336 g/mol. The summed E-state index contributed by atoms with van der Waals surface area (Å²) in [6, 6.07) is 7.58. The monoisotopic (exact) mass is 334 g/mol. The van der Waals surface area contributed by atoms with Gasteiger partial charge in [-0.2, -0.15) is 0 Å². The summed E-state index contributed by atoms with van der Waals surface area (Å²) >= 11 is 6.92. The Morgan fingerprint density at radius 3 is 2.73 bits per heavy atom.